The number of carbonyl (C=O) groups is 1. The molecule has 2 aromatic heterocycles. The van der Waals surface area contributed by atoms with E-state index in [1.54, 1.807) is 4.68 Å². The van der Waals surface area contributed by atoms with Crippen molar-refractivity contribution in [3.05, 3.63) is 132 Å². The fourth-order valence-corrected chi connectivity index (χ4v) is 6.51. The van der Waals surface area contributed by atoms with E-state index in [0.717, 1.165) is 27.9 Å². The Labute approximate surface area is 275 Å². The average molecular weight is 646 g/mol. The van der Waals surface area contributed by atoms with Crippen LogP contribution in [-0.2, 0) is 16.1 Å². The second-order valence-electron chi connectivity index (χ2n) is 11.2. The molecule has 0 radical (unpaired) electrons. The van der Waals surface area contributed by atoms with Gasteiger partial charge in [-0.25, -0.2) is 4.98 Å². The number of hydrogen-bond donors (Lipinski definition) is 2. The van der Waals surface area contributed by atoms with Gasteiger partial charge < -0.3 is 19.9 Å². The lowest BCUT2D eigenvalue weighted by Crippen LogP contribution is -2.38. The molecule has 47 heavy (non-hydrogen) atoms. The number of nitrogens with one attached hydrogen (secondary N) is 1. The highest BCUT2D eigenvalue weighted by atomic mass is 32.2. The quantitative estimate of drug-likeness (QED) is 0.182. The molecule has 7 rings (SSSR count). The van der Waals surface area contributed by atoms with Crippen molar-refractivity contribution >= 4 is 34.4 Å². The Hall–Kier alpha value is -5.01. The van der Waals surface area contributed by atoms with Gasteiger partial charge >= 0.3 is 0 Å². The van der Waals surface area contributed by atoms with Crippen molar-refractivity contribution in [2.75, 3.05) is 11.1 Å². The molecule has 1 saturated heterocycles. The molecule has 1 aliphatic rings. The third kappa shape index (κ3) is 6.76. The Morgan fingerprint density at radius 3 is 2.38 bits per heavy atom. The normalized spacial score (nSPS) is 19.4. The molecule has 1 amide bonds. The summed E-state index contributed by atoms with van der Waals surface area (Å²) in [6, 6.07) is 32.4. The molecule has 0 saturated carbocycles. The number of thioether (sulfide) groups is 1. The van der Waals surface area contributed by atoms with E-state index in [1.807, 2.05) is 103 Å². The number of hydrogen-bond acceptors (Lipinski definition) is 10. The number of fused-ring (bicyclic) bond motifs is 1. The van der Waals surface area contributed by atoms with Crippen molar-refractivity contribution in [2.24, 2.45) is 5.92 Å². The first-order valence-electron chi connectivity index (χ1n) is 15.2. The van der Waals surface area contributed by atoms with E-state index >= 15 is 0 Å². The zero-order valence-electron chi connectivity index (χ0n) is 25.4. The summed E-state index contributed by atoms with van der Waals surface area (Å²) in [6.45, 7) is 2.08. The molecule has 2 N–H and O–H groups in total. The third-order valence-corrected chi connectivity index (χ3v) is 9.07. The Morgan fingerprint density at radius 1 is 0.894 bits per heavy atom. The van der Waals surface area contributed by atoms with Crippen molar-refractivity contribution in [3.8, 4) is 5.69 Å². The molecule has 0 spiro atoms. The first-order chi connectivity index (χ1) is 23.1. The fourth-order valence-electron chi connectivity index (χ4n) is 5.45. The summed E-state index contributed by atoms with van der Waals surface area (Å²) in [5.74, 6) is 0.221. The molecule has 6 aromatic rings. The van der Waals surface area contributed by atoms with Gasteiger partial charge in [-0.3, -0.25) is 9.78 Å². The molecule has 0 aliphatic carbocycles. The van der Waals surface area contributed by atoms with Crippen LogP contribution < -0.4 is 5.32 Å². The third-order valence-electron chi connectivity index (χ3n) is 8.06. The van der Waals surface area contributed by atoms with Crippen molar-refractivity contribution in [3.63, 3.8) is 0 Å². The van der Waals surface area contributed by atoms with Gasteiger partial charge in [-0.15, -0.1) is 5.10 Å². The molecule has 3 heterocycles. The number of anilines is 1. The first-order valence-corrected chi connectivity index (χ1v) is 16.1. The topological polar surface area (TPSA) is 137 Å². The highest BCUT2D eigenvalue weighted by Gasteiger charge is 2.38. The number of benzene rings is 4. The minimum absolute atomic E-state index is 0.0126. The maximum absolute atomic E-state index is 13.0. The molecule has 236 valence electrons. The fraction of sp³-hybridized carbons (Fsp3) is 0.200. The number of ether oxygens (including phenoxy) is 2. The number of aliphatic hydroxyl groups excluding tert-OH is 1. The summed E-state index contributed by atoms with van der Waals surface area (Å²) in [5, 5.41) is 25.5. The van der Waals surface area contributed by atoms with Gasteiger partial charge in [0.25, 0.3) is 5.91 Å². The van der Waals surface area contributed by atoms with Gasteiger partial charge in [0, 0.05) is 22.9 Å². The molecular formula is C35H31N7O4S. The van der Waals surface area contributed by atoms with Crippen LogP contribution in [0.1, 0.15) is 46.5 Å². The van der Waals surface area contributed by atoms with E-state index in [-0.39, 0.29) is 36.3 Å². The Balaban J connectivity index is 1.09. The minimum Gasteiger partial charge on any atom is -0.392 e. The molecule has 12 heteroatoms. The molecule has 1 aliphatic heterocycles. The number of rotatable bonds is 9. The van der Waals surface area contributed by atoms with Crippen LogP contribution in [0.3, 0.4) is 0 Å². The Kier molecular flexibility index (Phi) is 8.98. The van der Waals surface area contributed by atoms with Gasteiger partial charge in [-0.1, -0.05) is 85.4 Å². The van der Waals surface area contributed by atoms with E-state index in [4.69, 9.17) is 9.47 Å². The van der Waals surface area contributed by atoms with Crippen LogP contribution in [0.5, 0.6) is 0 Å². The van der Waals surface area contributed by atoms with Crippen molar-refractivity contribution < 1.29 is 19.4 Å². The average Bonchev–Trinajstić information content (AvgIpc) is 3.60. The second kappa shape index (κ2) is 13.8. The Morgan fingerprint density at radius 2 is 1.62 bits per heavy atom. The predicted octanol–water partition coefficient (Wildman–Crippen LogP) is 5.93. The van der Waals surface area contributed by atoms with Crippen LogP contribution >= 0.6 is 11.8 Å². The maximum Gasteiger partial charge on any atom is 0.275 e. The molecule has 0 unspecified atom stereocenters. The van der Waals surface area contributed by atoms with Crippen LogP contribution in [0.15, 0.2) is 114 Å². The SMILES string of the molecule is C[C@H]1[C@@H](CSc2nnnn2-c2ccccc2)O[C@@H](c2ccc(NC(=O)c3cnc4ccccc4n3)cc2)O[C@H]1c1ccc(CO)cc1. The van der Waals surface area contributed by atoms with Gasteiger partial charge in [-0.05, 0) is 58.0 Å². The zero-order valence-corrected chi connectivity index (χ0v) is 26.2. The second-order valence-corrected chi connectivity index (χ2v) is 12.1. The molecule has 4 aromatic carbocycles. The molecule has 0 bridgehead atoms. The van der Waals surface area contributed by atoms with E-state index < -0.39 is 6.29 Å². The van der Waals surface area contributed by atoms with Gasteiger partial charge in [0.2, 0.25) is 5.16 Å². The van der Waals surface area contributed by atoms with Crippen molar-refractivity contribution in [2.45, 2.75) is 37.2 Å². The molecular weight excluding hydrogens is 614 g/mol. The lowest BCUT2D eigenvalue weighted by atomic mass is 9.91. The number of aliphatic hydroxyl groups is 1. The number of carbonyl (C=O) groups excluding carboxylic acids is 1. The summed E-state index contributed by atoms with van der Waals surface area (Å²) in [6.07, 6.45) is 0.317. The number of amides is 1. The first kappa shape index (κ1) is 30.6. The van der Waals surface area contributed by atoms with Gasteiger partial charge in [0.1, 0.15) is 5.69 Å². The molecule has 1 fully saturated rings. The number of tetrazole rings is 1. The van der Waals surface area contributed by atoms with Gasteiger partial charge in [-0.2, -0.15) is 4.68 Å². The van der Waals surface area contributed by atoms with Crippen molar-refractivity contribution in [1.82, 2.24) is 30.2 Å². The lowest BCUT2D eigenvalue weighted by Gasteiger charge is -2.41. The highest BCUT2D eigenvalue weighted by Crippen LogP contribution is 2.43. The standard InChI is InChI=1S/C35H31N7O4S/c1-22-31(21-47-35-39-40-41-42(35)27-7-3-2-4-8-27)45-34(46-32(22)24-13-11-23(20-43)12-14-24)25-15-17-26(18-16-25)37-33(44)30-19-36-28-9-5-6-10-29(28)38-30/h2-19,22,31-32,34,43H,20-21H2,1H3,(H,37,44)/t22-,31+,32+,34+/m0/s1. The Bertz CT molecular complexity index is 1970. The summed E-state index contributed by atoms with van der Waals surface area (Å²) < 4.78 is 14.9. The largest absolute Gasteiger partial charge is 0.392 e. The number of para-hydroxylation sites is 3. The van der Waals surface area contributed by atoms with E-state index in [0.29, 0.717) is 22.1 Å². The number of nitrogens with zero attached hydrogens (tertiary/aromatic N) is 6. The van der Waals surface area contributed by atoms with Crippen LogP contribution in [0, 0.1) is 5.92 Å². The summed E-state index contributed by atoms with van der Waals surface area (Å²) in [7, 11) is 0. The van der Waals surface area contributed by atoms with E-state index in [9.17, 15) is 9.90 Å². The lowest BCUT2D eigenvalue weighted by molar-refractivity contribution is -0.268. The monoisotopic (exact) mass is 645 g/mol. The van der Waals surface area contributed by atoms with E-state index in [2.05, 4.69) is 37.7 Å². The van der Waals surface area contributed by atoms with Crippen molar-refractivity contribution in [1.29, 1.82) is 0 Å². The van der Waals surface area contributed by atoms with Crippen LogP contribution in [0.2, 0.25) is 0 Å². The van der Waals surface area contributed by atoms with Gasteiger partial charge in [0.05, 0.1) is 41.7 Å². The van der Waals surface area contributed by atoms with Gasteiger partial charge in [0.15, 0.2) is 6.29 Å². The van der Waals surface area contributed by atoms with Crippen LogP contribution in [0.4, 0.5) is 5.69 Å². The summed E-state index contributed by atoms with van der Waals surface area (Å²) >= 11 is 1.52. The predicted molar refractivity (Wildman–Crippen MR) is 177 cm³/mol. The smallest absolute Gasteiger partial charge is 0.275 e. The number of aromatic nitrogens is 6. The highest BCUT2D eigenvalue weighted by molar-refractivity contribution is 7.99. The maximum atomic E-state index is 13.0. The zero-order chi connectivity index (χ0) is 32.2. The minimum atomic E-state index is -0.666. The molecule has 11 nitrogen and oxygen atoms in total. The van der Waals surface area contributed by atoms with Crippen LogP contribution in [-0.4, -0.2) is 53.0 Å². The summed E-state index contributed by atoms with van der Waals surface area (Å²) in [4.78, 5) is 21.7. The molecule has 4 atom stereocenters. The van der Waals surface area contributed by atoms with E-state index in [1.165, 1.54) is 18.0 Å². The summed E-state index contributed by atoms with van der Waals surface area (Å²) in [5.41, 5.74) is 5.72. The van der Waals surface area contributed by atoms with Crippen LogP contribution in [0.25, 0.3) is 16.7 Å².